The van der Waals surface area contributed by atoms with Gasteiger partial charge >= 0.3 is 5.97 Å². The van der Waals surface area contributed by atoms with Gasteiger partial charge in [-0.1, -0.05) is 6.07 Å². The lowest BCUT2D eigenvalue weighted by molar-refractivity contribution is 0.0525. The number of rotatable bonds is 3. The highest BCUT2D eigenvalue weighted by molar-refractivity contribution is 5.90. The van der Waals surface area contributed by atoms with Gasteiger partial charge in [0.25, 0.3) is 0 Å². The van der Waals surface area contributed by atoms with Crippen LogP contribution in [0.5, 0.6) is 5.75 Å². The topological polar surface area (TPSA) is 122 Å². The molecule has 0 radical (unpaired) electrons. The molecule has 0 aliphatic heterocycles. The molecular formula is C10H9NO5. The second-order valence-corrected chi connectivity index (χ2v) is 3.10. The standard InChI is InChI=1S/C10H9NO5/c11-4-8(13)9(14)5-1-2-6(10(15)16)7(12)3-5/h1-3,8-9,12-14H,(H,15,16). The van der Waals surface area contributed by atoms with Crippen molar-refractivity contribution >= 4 is 5.97 Å². The Labute approximate surface area is 90.6 Å². The van der Waals surface area contributed by atoms with E-state index in [9.17, 15) is 15.0 Å². The highest BCUT2D eigenvalue weighted by atomic mass is 16.4. The van der Waals surface area contributed by atoms with E-state index in [1.54, 1.807) is 0 Å². The Morgan fingerprint density at radius 1 is 1.38 bits per heavy atom. The van der Waals surface area contributed by atoms with Gasteiger partial charge < -0.3 is 20.4 Å². The first kappa shape index (κ1) is 12.0. The fourth-order valence-corrected chi connectivity index (χ4v) is 1.17. The highest BCUT2D eigenvalue weighted by Crippen LogP contribution is 2.24. The number of carbonyl (C=O) groups is 1. The van der Waals surface area contributed by atoms with E-state index in [1.165, 1.54) is 12.1 Å². The maximum atomic E-state index is 10.6. The summed E-state index contributed by atoms with van der Waals surface area (Å²) in [4.78, 5) is 10.6. The molecule has 6 heteroatoms. The number of nitrogens with zero attached hydrogens (tertiary/aromatic N) is 1. The summed E-state index contributed by atoms with van der Waals surface area (Å²) in [5, 5.41) is 44.7. The maximum Gasteiger partial charge on any atom is 0.339 e. The molecule has 0 saturated carbocycles. The first-order chi connectivity index (χ1) is 7.47. The number of aliphatic hydroxyl groups excluding tert-OH is 2. The number of aromatic hydroxyl groups is 1. The normalized spacial score (nSPS) is 13.8. The van der Waals surface area contributed by atoms with Crippen molar-refractivity contribution in [2.24, 2.45) is 0 Å². The van der Waals surface area contributed by atoms with Crippen LogP contribution in [-0.4, -0.2) is 32.5 Å². The molecule has 0 bridgehead atoms. The fraction of sp³-hybridized carbons (Fsp3) is 0.200. The molecule has 0 fully saturated rings. The van der Waals surface area contributed by atoms with Crippen LogP contribution >= 0.6 is 0 Å². The zero-order valence-corrected chi connectivity index (χ0v) is 8.03. The minimum absolute atomic E-state index is 0.0663. The van der Waals surface area contributed by atoms with Crippen molar-refractivity contribution in [3.63, 3.8) is 0 Å². The molecule has 1 aromatic rings. The zero-order chi connectivity index (χ0) is 12.3. The van der Waals surface area contributed by atoms with Gasteiger partial charge in [-0.05, 0) is 17.7 Å². The number of hydrogen-bond donors (Lipinski definition) is 4. The molecule has 6 nitrogen and oxygen atoms in total. The van der Waals surface area contributed by atoms with Gasteiger partial charge in [0.1, 0.15) is 17.4 Å². The van der Waals surface area contributed by atoms with Gasteiger partial charge in [0.05, 0.1) is 6.07 Å². The summed E-state index contributed by atoms with van der Waals surface area (Å²) in [5.41, 5.74) is -0.251. The first-order valence-corrected chi connectivity index (χ1v) is 4.29. The lowest BCUT2D eigenvalue weighted by Gasteiger charge is -2.12. The van der Waals surface area contributed by atoms with Crippen LogP contribution < -0.4 is 0 Å². The average molecular weight is 223 g/mol. The minimum atomic E-state index is -1.63. The Kier molecular flexibility index (Phi) is 3.45. The van der Waals surface area contributed by atoms with Gasteiger partial charge in [0.15, 0.2) is 6.10 Å². The third kappa shape index (κ3) is 2.28. The number of hydrogen-bond acceptors (Lipinski definition) is 5. The number of benzene rings is 1. The highest BCUT2D eigenvalue weighted by Gasteiger charge is 2.19. The first-order valence-electron chi connectivity index (χ1n) is 4.29. The Bertz CT molecular complexity index is 451. The molecule has 4 N–H and O–H groups in total. The van der Waals surface area contributed by atoms with E-state index in [1.807, 2.05) is 0 Å². The molecule has 1 aromatic carbocycles. The van der Waals surface area contributed by atoms with Crippen LogP contribution in [0, 0.1) is 11.3 Å². The molecule has 0 spiro atoms. The van der Waals surface area contributed by atoms with E-state index < -0.39 is 23.9 Å². The van der Waals surface area contributed by atoms with Crippen LogP contribution in [0.1, 0.15) is 22.0 Å². The molecule has 0 aliphatic carbocycles. The fourth-order valence-electron chi connectivity index (χ4n) is 1.17. The SMILES string of the molecule is N#CC(O)C(O)c1ccc(C(=O)O)c(O)c1. The third-order valence-electron chi connectivity index (χ3n) is 2.03. The maximum absolute atomic E-state index is 10.6. The lowest BCUT2D eigenvalue weighted by Crippen LogP contribution is -2.15. The Morgan fingerprint density at radius 2 is 2.00 bits per heavy atom. The van der Waals surface area contributed by atoms with Gasteiger partial charge in [-0.25, -0.2) is 4.79 Å². The summed E-state index contributed by atoms with van der Waals surface area (Å²) in [6.07, 6.45) is -3.12. The average Bonchev–Trinajstić information content (AvgIpc) is 2.26. The zero-order valence-electron chi connectivity index (χ0n) is 8.03. The number of nitriles is 1. The van der Waals surface area contributed by atoms with Gasteiger partial charge in [-0.15, -0.1) is 0 Å². The number of carboxylic acid groups (broad SMARTS) is 1. The van der Waals surface area contributed by atoms with Gasteiger partial charge in [-0.2, -0.15) is 5.26 Å². The van der Waals surface area contributed by atoms with Crippen LogP contribution in [0.15, 0.2) is 18.2 Å². The lowest BCUT2D eigenvalue weighted by atomic mass is 10.0. The number of aromatic carboxylic acids is 1. The Morgan fingerprint density at radius 3 is 2.44 bits per heavy atom. The van der Waals surface area contributed by atoms with Crippen LogP contribution in [0.3, 0.4) is 0 Å². The van der Waals surface area contributed by atoms with Gasteiger partial charge in [-0.3, -0.25) is 0 Å². The van der Waals surface area contributed by atoms with Gasteiger partial charge in [0.2, 0.25) is 0 Å². The van der Waals surface area contributed by atoms with Crippen LogP contribution in [0.2, 0.25) is 0 Å². The molecule has 0 heterocycles. The quantitative estimate of drug-likeness (QED) is 0.535. The van der Waals surface area contributed by atoms with Crippen molar-refractivity contribution < 1.29 is 25.2 Å². The number of aliphatic hydroxyl groups is 2. The van der Waals surface area contributed by atoms with Crippen molar-refractivity contribution in [3.05, 3.63) is 29.3 Å². The van der Waals surface area contributed by atoms with E-state index in [-0.39, 0.29) is 11.1 Å². The van der Waals surface area contributed by atoms with Crippen molar-refractivity contribution in [2.45, 2.75) is 12.2 Å². The van der Waals surface area contributed by atoms with Crippen LogP contribution in [0.4, 0.5) is 0 Å². The smallest absolute Gasteiger partial charge is 0.339 e. The molecular weight excluding hydrogens is 214 g/mol. The molecule has 0 amide bonds. The number of phenols is 1. The molecule has 0 saturated heterocycles. The summed E-state index contributed by atoms with van der Waals surface area (Å²) >= 11 is 0. The minimum Gasteiger partial charge on any atom is -0.507 e. The summed E-state index contributed by atoms with van der Waals surface area (Å²) in [7, 11) is 0. The second-order valence-electron chi connectivity index (χ2n) is 3.10. The van der Waals surface area contributed by atoms with E-state index in [0.717, 1.165) is 12.1 Å². The molecule has 0 aliphatic rings. The van der Waals surface area contributed by atoms with Gasteiger partial charge in [0, 0.05) is 0 Å². The van der Waals surface area contributed by atoms with E-state index in [0.29, 0.717) is 0 Å². The van der Waals surface area contributed by atoms with E-state index in [2.05, 4.69) is 0 Å². The van der Waals surface area contributed by atoms with E-state index >= 15 is 0 Å². The summed E-state index contributed by atoms with van der Waals surface area (Å²) in [5.74, 6) is -1.84. The third-order valence-corrected chi connectivity index (χ3v) is 2.03. The van der Waals surface area contributed by atoms with Crippen molar-refractivity contribution in [2.75, 3.05) is 0 Å². The number of carboxylic acids is 1. The summed E-state index contributed by atoms with van der Waals surface area (Å²) in [6, 6.07) is 4.72. The largest absolute Gasteiger partial charge is 0.507 e. The van der Waals surface area contributed by atoms with Crippen LogP contribution in [0.25, 0.3) is 0 Å². The molecule has 2 unspecified atom stereocenters. The Hall–Kier alpha value is -2.10. The molecule has 16 heavy (non-hydrogen) atoms. The Balaban J connectivity index is 3.07. The van der Waals surface area contributed by atoms with E-state index in [4.69, 9.17) is 15.5 Å². The van der Waals surface area contributed by atoms with Crippen LogP contribution in [-0.2, 0) is 0 Å². The predicted octanol–water partition coefficient (Wildman–Crippen LogP) is 0.00828. The monoisotopic (exact) mass is 223 g/mol. The molecule has 0 aromatic heterocycles. The molecule has 84 valence electrons. The predicted molar refractivity (Wildman–Crippen MR) is 51.6 cm³/mol. The second kappa shape index (κ2) is 4.61. The molecule has 2 atom stereocenters. The van der Waals surface area contributed by atoms with Crippen molar-refractivity contribution in [1.29, 1.82) is 5.26 Å². The summed E-state index contributed by atoms with van der Waals surface area (Å²) < 4.78 is 0. The van der Waals surface area contributed by atoms with Crippen molar-refractivity contribution in [3.8, 4) is 11.8 Å². The summed E-state index contributed by atoms with van der Waals surface area (Å²) in [6.45, 7) is 0. The van der Waals surface area contributed by atoms with Crippen molar-refractivity contribution in [1.82, 2.24) is 0 Å². The molecule has 1 rings (SSSR count).